The molecule has 5 nitrogen and oxygen atoms in total. The quantitative estimate of drug-likeness (QED) is 0.562. The van der Waals surface area contributed by atoms with Gasteiger partial charge in [0.15, 0.2) is 0 Å². The van der Waals surface area contributed by atoms with E-state index in [0.717, 1.165) is 19.2 Å². The maximum absolute atomic E-state index is 14.2. The van der Waals surface area contributed by atoms with E-state index in [4.69, 9.17) is 4.74 Å². The van der Waals surface area contributed by atoms with E-state index in [1.165, 1.54) is 6.08 Å². The topological polar surface area (TPSA) is 53.2 Å². The van der Waals surface area contributed by atoms with Gasteiger partial charge in [-0.05, 0) is 22.0 Å². The summed E-state index contributed by atoms with van der Waals surface area (Å²) in [6.45, 7) is 3.51. The molecule has 0 N–H and O–H groups in total. The predicted octanol–water partition coefficient (Wildman–Crippen LogP) is 3.02. The summed E-state index contributed by atoms with van der Waals surface area (Å²) in [5, 5.41) is 0. The second-order valence-corrected chi connectivity index (χ2v) is 5.73. The first-order valence-electron chi connectivity index (χ1n) is 6.71. The van der Waals surface area contributed by atoms with Crippen LogP contribution in [0, 0.1) is 5.82 Å². The second-order valence-electron chi connectivity index (χ2n) is 4.88. The number of aromatic nitrogens is 2. The van der Waals surface area contributed by atoms with E-state index in [2.05, 4.69) is 22.5 Å². The van der Waals surface area contributed by atoms with Crippen molar-refractivity contribution >= 4 is 15.9 Å². The lowest BCUT2D eigenvalue weighted by atomic mass is 10.2. The Bertz CT molecular complexity index is 948. The normalized spacial score (nSPS) is 11.4. The standard InChI is InChI=1S/C15H11BrF4N2O3/c1-3-4-25-11-6-10(9(17)5-8(11)16)22-13(23)7-12(15(18,19)20)21(2)14(22)24/h3,5-7H,1,4H2,2H3. The predicted molar refractivity (Wildman–Crippen MR) is 85.6 cm³/mol. The van der Waals surface area contributed by atoms with E-state index >= 15 is 0 Å². The Labute approximate surface area is 146 Å². The Kier molecular flexibility index (Phi) is 5.21. The van der Waals surface area contributed by atoms with Gasteiger partial charge in [-0.1, -0.05) is 12.7 Å². The molecule has 1 aromatic heterocycles. The Hall–Kier alpha value is -2.36. The molecule has 2 rings (SSSR count). The highest BCUT2D eigenvalue weighted by molar-refractivity contribution is 9.10. The molecule has 0 radical (unpaired) electrons. The molecule has 25 heavy (non-hydrogen) atoms. The molecular formula is C15H11BrF4N2O3. The fourth-order valence-corrected chi connectivity index (χ4v) is 2.50. The van der Waals surface area contributed by atoms with Gasteiger partial charge in [0, 0.05) is 19.2 Å². The molecule has 0 aliphatic carbocycles. The molecule has 10 heteroatoms. The van der Waals surface area contributed by atoms with Crippen LogP contribution in [0.3, 0.4) is 0 Å². The van der Waals surface area contributed by atoms with Crippen LogP contribution in [0.2, 0.25) is 0 Å². The summed E-state index contributed by atoms with van der Waals surface area (Å²) < 4.78 is 58.8. The Morgan fingerprint density at radius 2 is 1.92 bits per heavy atom. The first-order chi connectivity index (χ1) is 11.6. The molecule has 2 aromatic rings. The molecule has 0 atom stereocenters. The third-order valence-electron chi connectivity index (χ3n) is 3.21. The Morgan fingerprint density at radius 1 is 1.28 bits per heavy atom. The van der Waals surface area contributed by atoms with Gasteiger partial charge in [0.05, 0.1) is 10.2 Å². The molecule has 0 aliphatic rings. The van der Waals surface area contributed by atoms with Crippen molar-refractivity contribution in [2.45, 2.75) is 6.18 Å². The van der Waals surface area contributed by atoms with Crippen LogP contribution in [0.4, 0.5) is 17.6 Å². The van der Waals surface area contributed by atoms with Crippen LogP contribution in [0.5, 0.6) is 5.75 Å². The van der Waals surface area contributed by atoms with Gasteiger partial charge in [0.1, 0.15) is 23.9 Å². The molecule has 134 valence electrons. The molecular weight excluding hydrogens is 412 g/mol. The minimum absolute atomic E-state index is 0.0591. The smallest absolute Gasteiger partial charge is 0.431 e. The van der Waals surface area contributed by atoms with Gasteiger partial charge in [-0.2, -0.15) is 13.2 Å². The van der Waals surface area contributed by atoms with Crippen molar-refractivity contribution in [3.63, 3.8) is 0 Å². The first kappa shape index (κ1) is 19.0. The summed E-state index contributed by atoms with van der Waals surface area (Å²) in [5.74, 6) is -0.901. The Morgan fingerprint density at radius 3 is 2.48 bits per heavy atom. The molecule has 0 saturated carbocycles. The maximum Gasteiger partial charge on any atom is 0.431 e. The van der Waals surface area contributed by atoms with Crippen LogP contribution in [0.1, 0.15) is 5.69 Å². The third kappa shape index (κ3) is 3.68. The summed E-state index contributed by atoms with van der Waals surface area (Å²) in [6.07, 6.45) is -3.48. The summed E-state index contributed by atoms with van der Waals surface area (Å²) in [5.41, 5.74) is -4.61. The monoisotopic (exact) mass is 422 g/mol. The van der Waals surface area contributed by atoms with Gasteiger partial charge >= 0.3 is 11.9 Å². The minimum Gasteiger partial charge on any atom is -0.488 e. The van der Waals surface area contributed by atoms with Crippen LogP contribution in [-0.2, 0) is 13.2 Å². The van der Waals surface area contributed by atoms with Crippen molar-refractivity contribution in [2.75, 3.05) is 6.61 Å². The number of hydrogen-bond donors (Lipinski definition) is 0. The lowest BCUT2D eigenvalue weighted by Crippen LogP contribution is -2.41. The van der Waals surface area contributed by atoms with Crippen LogP contribution < -0.4 is 16.0 Å². The van der Waals surface area contributed by atoms with Gasteiger partial charge in [0.25, 0.3) is 5.56 Å². The summed E-state index contributed by atoms with van der Waals surface area (Å²) >= 11 is 3.05. The third-order valence-corrected chi connectivity index (χ3v) is 3.83. The van der Waals surface area contributed by atoms with Crippen molar-refractivity contribution in [2.24, 2.45) is 7.05 Å². The van der Waals surface area contributed by atoms with Crippen LogP contribution in [0.25, 0.3) is 5.69 Å². The van der Waals surface area contributed by atoms with Crippen LogP contribution in [0.15, 0.2) is 44.9 Å². The van der Waals surface area contributed by atoms with Gasteiger partial charge < -0.3 is 4.74 Å². The molecule has 0 saturated heterocycles. The lowest BCUT2D eigenvalue weighted by Gasteiger charge is -2.15. The molecule has 0 spiro atoms. The number of alkyl halides is 3. The largest absolute Gasteiger partial charge is 0.488 e. The van der Waals surface area contributed by atoms with Crippen molar-refractivity contribution in [3.05, 3.63) is 67.7 Å². The molecule has 0 fully saturated rings. The number of ether oxygens (including phenoxy) is 1. The van der Waals surface area contributed by atoms with Gasteiger partial charge in [0.2, 0.25) is 0 Å². The molecule has 1 heterocycles. The van der Waals surface area contributed by atoms with Crippen molar-refractivity contribution < 1.29 is 22.3 Å². The molecule has 0 aliphatic heterocycles. The Balaban J connectivity index is 2.75. The highest BCUT2D eigenvalue weighted by Gasteiger charge is 2.35. The molecule has 0 unspecified atom stereocenters. The minimum atomic E-state index is -4.90. The van der Waals surface area contributed by atoms with E-state index < -0.39 is 34.6 Å². The van der Waals surface area contributed by atoms with Crippen molar-refractivity contribution in [1.29, 1.82) is 0 Å². The van der Waals surface area contributed by atoms with Crippen LogP contribution in [-0.4, -0.2) is 15.7 Å². The van der Waals surface area contributed by atoms with E-state index in [1.54, 1.807) is 0 Å². The number of halogens is 5. The average Bonchev–Trinajstić information content (AvgIpc) is 2.50. The van der Waals surface area contributed by atoms with Crippen LogP contribution >= 0.6 is 15.9 Å². The fourth-order valence-electron chi connectivity index (χ4n) is 2.07. The fraction of sp³-hybridized carbons (Fsp3) is 0.200. The number of nitrogens with zero attached hydrogens (tertiary/aromatic N) is 2. The van der Waals surface area contributed by atoms with E-state index in [0.29, 0.717) is 4.57 Å². The number of hydrogen-bond acceptors (Lipinski definition) is 3. The number of benzene rings is 1. The molecule has 0 amide bonds. The zero-order chi connectivity index (χ0) is 18.9. The first-order valence-corrected chi connectivity index (χ1v) is 7.50. The van der Waals surface area contributed by atoms with Gasteiger partial charge in [-0.3, -0.25) is 9.36 Å². The number of rotatable bonds is 4. The zero-order valence-electron chi connectivity index (χ0n) is 12.7. The molecule has 1 aromatic carbocycles. The second kappa shape index (κ2) is 6.87. The summed E-state index contributed by atoms with van der Waals surface area (Å²) in [4.78, 5) is 24.2. The van der Waals surface area contributed by atoms with Gasteiger partial charge in [-0.15, -0.1) is 0 Å². The zero-order valence-corrected chi connectivity index (χ0v) is 14.3. The van der Waals surface area contributed by atoms with E-state index in [-0.39, 0.29) is 27.5 Å². The molecule has 0 bridgehead atoms. The average molecular weight is 423 g/mol. The summed E-state index contributed by atoms with van der Waals surface area (Å²) in [6, 6.07) is 2.21. The van der Waals surface area contributed by atoms with E-state index in [9.17, 15) is 27.2 Å². The van der Waals surface area contributed by atoms with E-state index in [1.807, 2.05) is 0 Å². The van der Waals surface area contributed by atoms with Gasteiger partial charge in [-0.25, -0.2) is 13.8 Å². The summed E-state index contributed by atoms with van der Waals surface area (Å²) in [7, 11) is 0.840. The lowest BCUT2D eigenvalue weighted by molar-refractivity contribution is -0.144. The SMILES string of the molecule is C=CCOc1cc(-n2c(=O)cc(C(F)(F)F)n(C)c2=O)c(F)cc1Br. The maximum atomic E-state index is 14.2. The van der Waals surface area contributed by atoms with Crippen molar-refractivity contribution in [3.8, 4) is 11.4 Å². The van der Waals surface area contributed by atoms with Crippen molar-refractivity contribution in [1.82, 2.24) is 9.13 Å². The highest BCUT2D eigenvalue weighted by atomic mass is 79.9. The highest BCUT2D eigenvalue weighted by Crippen LogP contribution is 2.30.